The minimum atomic E-state index is -0.603. The van der Waals surface area contributed by atoms with Gasteiger partial charge in [-0.25, -0.2) is 9.78 Å². The number of amides is 2. The Kier molecular flexibility index (Phi) is 8.05. The van der Waals surface area contributed by atoms with Gasteiger partial charge in [0.15, 0.2) is 0 Å². The first-order valence-electron chi connectivity index (χ1n) is 12.2. The van der Waals surface area contributed by atoms with Crippen molar-refractivity contribution >= 4 is 28.6 Å². The van der Waals surface area contributed by atoms with E-state index in [1.165, 1.54) is 10.8 Å². The normalized spacial score (nSPS) is 11.2. The second-order valence-electron chi connectivity index (χ2n) is 9.64. The highest BCUT2D eigenvalue weighted by molar-refractivity contribution is 5.80. The Morgan fingerprint density at radius 3 is 2.58 bits per heavy atom. The fourth-order valence-corrected chi connectivity index (χ4v) is 3.77. The van der Waals surface area contributed by atoms with Gasteiger partial charge in [0.25, 0.3) is 5.56 Å². The molecule has 0 aliphatic rings. The molecule has 0 fully saturated rings. The third kappa shape index (κ3) is 6.96. The summed E-state index contributed by atoms with van der Waals surface area (Å²) < 4.78 is 6.54. The number of hydrogen-bond acceptors (Lipinski definition) is 7. The number of rotatable bonds is 9. The Morgan fingerprint density at radius 1 is 1.05 bits per heavy atom. The van der Waals surface area contributed by atoms with Gasteiger partial charge in [0, 0.05) is 47.6 Å². The average molecular weight is 518 g/mol. The van der Waals surface area contributed by atoms with E-state index in [0.29, 0.717) is 11.4 Å². The lowest BCUT2D eigenvalue weighted by Crippen LogP contribution is -2.36. The van der Waals surface area contributed by atoms with E-state index in [-0.39, 0.29) is 37.8 Å². The van der Waals surface area contributed by atoms with Crippen molar-refractivity contribution in [2.24, 2.45) is 0 Å². The van der Waals surface area contributed by atoms with Gasteiger partial charge in [-0.15, -0.1) is 0 Å². The zero-order valence-electron chi connectivity index (χ0n) is 21.6. The van der Waals surface area contributed by atoms with E-state index < -0.39 is 17.3 Å². The largest absolute Gasteiger partial charge is 0.444 e. The predicted octanol–water partition coefficient (Wildman–Crippen LogP) is 3.04. The summed E-state index contributed by atoms with van der Waals surface area (Å²) in [6.07, 6.45) is 4.33. The molecule has 0 aliphatic carbocycles. The zero-order valence-corrected chi connectivity index (χ0v) is 21.6. The summed E-state index contributed by atoms with van der Waals surface area (Å²) in [5, 5.41) is 9.42. The lowest BCUT2D eigenvalue weighted by atomic mass is 10.2. The lowest BCUT2D eigenvalue weighted by Gasteiger charge is -2.19. The molecule has 4 rings (SSSR count). The second-order valence-corrected chi connectivity index (χ2v) is 9.64. The first-order valence-corrected chi connectivity index (χ1v) is 12.2. The number of H-pyrrole nitrogens is 1. The SMILES string of the molecule is CC(C)(C)OC(=O)NCCNc1cnc(-c2ccccc2)n(CC(=O)NCc2cc3cnccc3[nH]2)c1=O. The quantitative estimate of drug-likeness (QED) is 0.250. The van der Waals surface area contributed by atoms with Gasteiger partial charge in [0.05, 0.1) is 12.7 Å². The van der Waals surface area contributed by atoms with Crippen molar-refractivity contribution in [3.63, 3.8) is 0 Å². The van der Waals surface area contributed by atoms with Crippen molar-refractivity contribution in [1.29, 1.82) is 0 Å². The molecule has 0 radical (unpaired) electrons. The minimum Gasteiger partial charge on any atom is -0.444 e. The molecule has 0 saturated heterocycles. The fraction of sp³-hybridized carbons (Fsp3) is 0.296. The number of carbonyl (C=O) groups is 2. The van der Waals surface area contributed by atoms with Gasteiger partial charge in [-0.05, 0) is 32.9 Å². The summed E-state index contributed by atoms with van der Waals surface area (Å²) in [4.78, 5) is 49.9. The molecule has 38 heavy (non-hydrogen) atoms. The van der Waals surface area contributed by atoms with Crippen LogP contribution in [0.5, 0.6) is 0 Å². The molecule has 198 valence electrons. The molecule has 0 unspecified atom stereocenters. The summed E-state index contributed by atoms with van der Waals surface area (Å²) in [7, 11) is 0. The highest BCUT2D eigenvalue weighted by Gasteiger charge is 2.17. The van der Waals surface area contributed by atoms with Gasteiger partial charge in [0.1, 0.15) is 23.7 Å². The van der Waals surface area contributed by atoms with Crippen molar-refractivity contribution < 1.29 is 14.3 Å². The molecule has 0 aliphatic heterocycles. The van der Waals surface area contributed by atoms with E-state index in [0.717, 1.165) is 16.6 Å². The van der Waals surface area contributed by atoms with Crippen molar-refractivity contribution in [2.75, 3.05) is 18.4 Å². The van der Waals surface area contributed by atoms with Crippen LogP contribution in [0.3, 0.4) is 0 Å². The topological polar surface area (TPSA) is 143 Å². The van der Waals surface area contributed by atoms with Crippen molar-refractivity contribution in [3.05, 3.63) is 77.1 Å². The average Bonchev–Trinajstić information content (AvgIpc) is 3.30. The number of carbonyl (C=O) groups excluding carboxylic acids is 2. The van der Waals surface area contributed by atoms with Crippen molar-refractivity contribution in [1.82, 2.24) is 30.2 Å². The van der Waals surface area contributed by atoms with Crippen LogP contribution < -0.4 is 21.5 Å². The molecule has 1 aromatic carbocycles. The van der Waals surface area contributed by atoms with E-state index in [9.17, 15) is 14.4 Å². The minimum absolute atomic E-state index is 0.214. The highest BCUT2D eigenvalue weighted by Crippen LogP contribution is 2.17. The number of fused-ring (bicyclic) bond motifs is 1. The molecule has 0 atom stereocenters. The van der Waals surface area contributed by atoms with Gasteiger partial charge >= 0.3 is 6.09 Å². The molecule has 2 amide bonds. The van der Waals surface area contributed by atoms with Crippen LogP contribution in [0.2, 0.25) is 0 Å². The number of hydrogen-bond donors (Lipinski definition) is 4. The number of aromatic nitrogens is 4. The van der Waals surface area contributed by atoms with Crippen LogP contribution in [0.1, 0.15) is 26.5 Å². The summed E-state index contributed by atoms with van der Waals surface area (Å²) in [6, 6.07) is 13.0. The van der Waals surface area contributed by atoms with Crippen LogP contribution in [-0.2, 0) is 22.6 Å². The summed E-state index contributed by atoms with van der Waals surface area (Å²) in [5.41, 5.74) is 1.67. The number of aromatic amines is 1. The van der Waals surface area contributed by atoms with Gasteiger partial charge in [-0.2, -0.15) is 0 Å². The Balaban J connectivity index is 1.45. The fourth-order valence-electron chi connectivity index (χ4n) is 3.77. The molecular formula is C27H31N7O4. The van der Waals surface area contributed by atoms with Crippen LogP contribution in [-0.4, -0.2) is 50.2 Å². The van der Waals surface area contributed by atoms with Gasteiger partial charge < -0.3 is 25.7 Å². The Labute approximate surface area is 219 Å². The van der Waals surface area contributed by atoms with E-state index in [1.54, 1.807) is 33.2 Å². The molecule has 3 aromatic heterocycles. The number of nitrogens with one attached hydrogen (secondary N) is 4. The summed E-state index contributed by atoms with van der Waals surface area (Å²) in [5.74, 6) is 0.0338. The molecule has 0 spiro atoms. The van der Waals surface area contributed by atoms with Crippen LogP contribution in [0.15, 0.2) is 65.8 Å². The number of pyridine rings is 1. The van der Waals surface area contributed by atoms with Crippen molar-refractivity contribution in [2.45, 2.75) is 39.5 Å². The molecule has 4 aromatic rings. The maximum Gasteiger partial charge on any atom is 0.407 e. The standard InChI is InChI=1S/C27H31N7O4/c1-27(2,3)38-26(37)30-12-11-29-22-16-32-24(18-7-5-4-6-8-18)34(25(22)36)17-23(35)31-15-20-13-19-14-28-10-9-21(19)33-20/h4-10,13-14,16,29,33H,11-12,15,17H2,1-3H3,(H,30,37)(H,31,35). The molecular weight excluding hydrogens is 486 g/mol. The van der Waals surface area contributed by atoms with E-state index in [2.05, 4.69) is 30.9 Å². The molecule has 0 saturated carbocycles. The Morgan fingerprint density at radius 2 is 1.84 bits per heavy atom. The number of nitrogens with zero attached hydrogens (tertiary/aromatic N) is 3. The Hall–Kier alpha value is -4.67. The number of anilines is 1. The maximum atomic E-state index is 13.4. The van der Waals surface area contributed by atoms with Gasteiger partial charge in [0.2, 0.25) is 5.91 Å². The molecule has 4 N–H and O–H groups in total. The van der Waals surface area contributed by atoms with Gasteiger partial charge in [-0.3, -0.25) is 19.1 Å². The molecule has 11 nitrogen and oxygen atoms in total. The highest BCUT2D eigenvalue weighted by atomic mass is 16.6. The smallest absolute Gasteiger partial charge is 0.407 e. The summed E-state index contributed by atoms with van der Waals surface area (Å²) in [6.45, 7) is 5.88. The van der Waals surface area contributed by atoms with E-state index >= 15 is 0 Å². The Bertz CT molecular complexity index is 1440. The number of benzene rings is 1. The van der Waals surface area contributed by atoms with E-state index in [4.69, 9.17) is 4.74 Å². The molecule has 11 heteroatoms. The maximum absolute atomic E-state index is 13.4. The second kappa shape index (κ2) is 11.6. The first-order chi connectivity index (χ1) is 18.2. The van der Waals surface area contributed by atoms with Crippen LogP contribution in [0.4, 0.5) is 10.5 Å². The summed E-state index contributed by atoms with van der Waals surface area (Å²) >= 11 is 0. The zero-order chi connectivity index (χ0) is 27.1. The van der Waals surface area contributed by atoms with Crippen molar-refractivity contribution in [3.8, 4) is 11.4 Å². The monoisotopic (exact) mass is 517 g/mol. The number of alkyl carbamates (subject to hydrolysis) is 1. The van der Waals surface area contributed by atoms with Crippen LogP contribution >= 0.6 is 0 Å². The predicted molar refractivity (Wildman–Crippen MR) is 145 cm³/mol. The van der Waals surface area contributed by atoms with Gasteiger partial charge in [-0.1, -0.05) is 30.3 Å². The lowest BCUT2D eigenvalue weighted by molar-refractivity contribution is -0.121. The van der Waals surface area contributed by atoms with Crippen LogP contribution in [0, 0.1) is 0 Å². The third-order valence-corrected chi connectivity index (χ3v) is 5.44. The first kappa shape index (κ1) is 26.4. The molecule has 3 heterocycles. The van der Waals surface area contributed by atoms with E-state index in [1.807, 2.05) is 42.5 Å². The number of ether oxygens (including phenoxy) is 1. The molecule has 0 bridgehead atoms. The van der Waals surface area contributed by atoms with Crippen LogP contribution in [0.25, 0.3) is 22.3 Å². The third-order valence-electron chi connectivity index (χ3n) is 5.44.